The molecule has 0 N–H and O–H groups in total. The van der Waals surface area contributed by atoms with Gasteiger partial charge in [0, 0.05) is 12.3 Å². The lowest BCUT2D eigenvalue weighted by atomic mass is 9.84. The van der Waals surface area contributed by atoms with E-state index in [-0.39, 0.29) is 5.92 Å². The van der Waals surface area contributed by atoms with Crippen molar-refractivity contribution in [2.45, 2.75) is 135 Å². The first-order valence-corrected chi connectivity index (χ1v) is 18.4. The van der Waals surface area contributed by atoms with Gasteiger partial charge in [-0.05, 0) is 56.9 Å². The van der Waals surface area contributed by atoms with Crippen LogP contribution in [-0.2, 0) is 8.85 Å². The highest BCUT2D eigenvalue weighted by Crippen LogP contribution is 2.47. The molecule has 2 rings (SSSR count). The van der Waals surface area contributed by atoms with Gasteiger partial charge in [-0.25, -0.2) is 0 Å². The summed E-state index contributed by atoms with van der Waals surface area (Å²) in [5.41, 5.74) is 6.18. The molecule has 1 aliphatic rings. The number of rotatable bonds is 11. The lowest BCUT2D eigenvalue weighted by Gasteiger charge is -2.44. The molecule has 1 aliphatic carbocycles. The monoisotopic (exact) mass is 514 g/mol. The van der Waals surface area contributed by atoms with Crippen molar-refractivity contribution in [3.63, 3.8) is 0 Å². The summed E-state index contributed by atoms with van der Waals surface area (Å²) < 4.78 is 14.1. The summed E-state index contributed by atoms with van der Waals surface area (Å²) >= 11 is 0. The van der Waals surface area contributed by atoms with Gasteiger partial charge in [0.2, 0.25) is 0 Å². The Morgan fingerprint density at radius 3 is 1.54 bits per heavy atom. The fourth-order valence-electron chi connectivity index (χ4n) is 7.15. The van der Waals surface area contributed by atoms with Crippen LogP contribution in [0.1, 0.15) is 107 Å². The first kappa shape index (κ1) is 30.0. The summed E-state index contributed by atoms with van der Waals surface area (Å²) in [4.78, 5) is 0. The fourth-order valence-corrected chi connectivity index (χ4v) is 17.7. The summed E-state index contributed by atoms with van der Waals surface area (Å²) in [5.74, 6) is 1.43. The van der Waals surface area contributed by atoms with Gasteiger partial charge >= 0.3 is 0 Å². The van der Waals surface area contributed by atoms with Gasteiger partial charge in [0.15, 0.2) is 0 Å². The van der Waals surface area contributed by atoms with Gasteiger partial charge in [-0.3, -0.25) is 0 Å². The Morgan fingerprint density at radius 2 is 1.11 bits per heavy atom. The second kappa shape index (κ2) is 12.3. The molecular formula is C31H54O2Si2. The van der Waals surface area contributed by atoms with Crippen LogP contribution >= 0.6 is 0 Å². The molecule has 0 aliphatic heterocycles. The molecular weight excluding hydrogens is 461 g/mol. The normalized spacial score (nSPS) is 19.0. The van der Waals surface area contributed by atoms with Crippen LogP contribution in [0.15, 0.2) is 54.0 Å². The largest absolute Gasteiger partial charge is 0.548 e. The van der Waals surface area contributed by atoms with E-state index in [0.717, 1.165) is 12.8 Å². The average Bonchev–Trinajstić information content (AvgIpc) is 2.77. The molecule has 4 heteroatoms. The smallest absolute Gasteiger partial charge is 0.258 e. The number of allylic oxidation sites excluding steroid dienone is 3. The molecule has 0 aromatic heterocycles. The fraction of sp³-hybridized carbons (Fsp3) is 0.677. The third-order valence-corrected chi connectivity index (χ3v) is 20.7. The van der Waals surface area contributed by atoms with Crippen molar-refractivity contribution in [2.24, 2.45) is 0 Å². The van der Waals surface area contributed by atoms with E-state index in [1.807, 2.05) is 0 Å². The molecule has 0 spiro atoms. The second-order valence-corrected chi connectivity index (χ2v) is 23.4. The number of hydrogen-bond donors (Lipinski definition) is 0. The number of hydrogen-bond acceptors (Lipinski definition) is 2. The Kier molecular flexibility index (Phi) is 10.5. The Labute approximate surface area is 219 Å². The summed E-state index contributed by atoms with van der Waals surface area (Å²) in [6.45, 7) is 28.4. The van der Waals surface area contributed by atoms with Gasteiger partial charge in [-0.2, -0.15) is 0 Å². The van der Waals surface area contributed by atoms with Crippen LogP contribution in [0.5, 0.6) is 0 Å². The molecule has 198 valence electrons. The van der Waals surface area contributed by atoms with Gasteiger partial charge in [0.05, 0.1) is 12.0 Å². The number of benzene rings is 1. The molecule has 1 aromatic carbocycles. The van der Waals surface area contributed by atoms with Crippen LogP contribution in [0, 0.1) is 0 Å². The minimum Gasteiger partial charge on any atom is -0.548 e. The molecule has 1 unspecified atom stereocenters. The van der Waals surface area contributed by atoms with Crippen LogP contribution in [0.25, 0.3) is 0 Å². The lowest BCUT2D eigenvalue weighted by Crippen LogP contribution is -2.47. The summed E-state index contributed by atoms with van der Waals surface area (Å²) in [7, 11) is -3.94. The van der Waals surface area contributed by atoms with Crippen molar-refractivity contribution in [1.29, 1.82) is 0 Å². The highest BCUT2D eigenvalue weighted by atomic mass is 28.4. The Morgan fingerprint density at radius 1 is 0.657 bits per heavy atom. The van der Waals surface area contributed by atoms with E-state index in [0.29, 0.717) is 33.2 Å². The maximum absolute atomic E-state index is 7.16. The predicted octanol–water partition coefficient (Wildman–Crippen LogP) is 10.7. The topological polar surface area (TPSA) is 18.5 Å². The molecule has 1 atom stereocenters. The van der Waals surface area contributed by atoms with E-state index in [1.165, 1.54) is 16.9 Å². The van der Waals surface area contributed by atoms with E-state index in [9.17, 15) is 0 Å². The molecule has 2 nitrogen and oxygen atoms in total. The van der Waals surface area contributed by atoms with E-state index >= 15 is 0 Å². The molecule has 0 heterocycles. The van der Waals surface area contributed by atoms with Crippen molar-refractivity contribution in [3.05, 3.63) is 59.6 Å². The van der Waals surface area contributed by atoms with Crippen LogP contribution in [-0.4, -0.2) is 16.6 Å². The third-order valence-electron chi connectivity index (χ3n) is 8.71. The maximum Gasteiger partial charge on any atom is 0.258 e. The zero-order valence-electron chi connectivity index (χ0n) is 24.8. The highest BCUT2D eigenvalue weighted by molar-refractivity contribution is 6.78. The maximum atomic E-state index is 7.16. The molecule has 35 heavy (non-hydrogen) atoms. The van der Waals surface area contributed by atoms with Gasteiger partial charge in [0.25, 0.3) is 16.6 Å². The average molecular weight is 515 g/mol. The van der Waals surface area contributed by atoms with Gasteiger partial charge in [-0.1, -0.05) is 113 Å². The summed E-state index contributed by atoms with van der Waals surface area (Å²) in [5, 5.41) is 0. The zero-order valence-corrected chi connectivity index (χ0v) is 26.8. The molecule has 0 saturated carbocycles. The van der Waals surface area contributed by atoms with Gasteiger partial charge in [-0.15, -0.1) is 0 Å². The standard InChI is InChI=1S/C31H54O2Si2/c1-22(2)34(23(3)4,24(5)6)32-21-29-18-19-30(20-31(29)28-16-14-13-15-17-28)33-35(25(7)8,26(9)10)27(11)12/h13-17,20-27,31H,18-19H2,1-12H3/b29-21+. The zero-order chi connectivity index (χ0) is 26.6. The summed E-state index contributed by atoms with van der Waals surface area (Å²) in [6, 6.07) is 10.9. The molecule has 0 fully saturated rings. The van der Waals surface area contributed by atoms with Crippen molar-refractivity contribution in [1.82, 2.24) is 0 Å². The molecule has 0 amide bonds. The Hall–Kier alpha value is -1.27. The minimum absolute atomic E-state index is 0.219. The predicted molar refractivity (Wildman–Crippen MR) is 159 cm³/mol. The van der Waals surface area contributed by atoms with Crippen LogP contribution in [0.3, 0.4) is 0 Å². The van der Waals surface area contributed by atoms with Gasteiger partial charge in [0.1, 0.15) is 0 Å². The van der Waals surface area contributed by atoms with Crippen LogP contribution in [0.2, 0.25) is 33.2 Å². The second-order valence-electron chi connectivity index (χ2n) is 12.6. The lowest BCUT2D eigenvalue weighted by molar-refractivity contribution is 0.343. The van der Waals surface area contributed by atoms with Crippen molar-refractivity contribution in [2.75, 3.05) is 0 Å². The quantitative estimate of drug-likeness (QED) is 0.216. The molecule has 0 radical (unpaired) electrons. The Bertz CT molecular complexity index is 806. The van der Waals surface area contributed by atoms with Crippen molar-refractivity contribution >= 4 is 16.6 Å². The first-order chi connectivity index (χ1) is 16.3. The SMILES string of the molecule is CC(C)[Si](O/C=C1\CCC(O[Si](C(C)C)(C(C)C)C(C)C)=CC1c1ccccc1)(C(C)C)C(C)C. The van der Waals surface area contributed by atoms with Crippen LogP contribution < -0.4 is 0 Å². The van der Waals surface area contributed by atoms with Crippen LogP contribution in [0.4, 0.5) is 0 Å². The van der Waals surface area contributed by atoms with Crippen molar-refractivity contribution < 1.29 is 8.85 Å². The molecule has 1 aromatic rings. The first-order valence-electron chi connectivity index (χ1n) is 14.1. The van der Waals surface area contributed by atoms with Gasteiger partial charge < -0.3 is 8.85 Å². The minimum atomic E-state index is -1.97. The van der Waals surface area contributed by atoms with E-state index in [4.69, 9.17) is 8.85 Å². The molecule has 0 saturated heterocycles. The summed E-state index contributed by atoms with van der Waals surface area (Å²) in [6.07, 6.45) is 6.59. The van der Waals surface area contributed by atoms with Crippen molar-refractivity contribution in [3.8, 4) is 0 Å². The Balaban J connectivity index is 2.52. The third kappa shape index (κ3) is 6.18. The van der Waals surface area contributed by atoms with E-state index in [2.05, 4.69) is 126 Å². The molecule has 0 bridgehead atoms. The highest BCUT2D eigenvalue weighted by Gasteiger charge is 2.48. The van der Waals surface area contributed by atoms with E-state index < -0.39 is 16.6 Å². The van der Waals surface area contributed by atoms with E-state index in [1.54, 1.807) is 0 Å².